The molecule has 2 N–H and O–H groups in total. The fraction of sp³-hybridized carbons (Fsp3) is 0.636. The number of nitrogens with zero attached hydrogens (tertiary/aromatic N) is 2. The molecule has 2 aliphatic carbocycles. The first-order valence-corrected chi connectivity index (χ1v) is 10.7. The second kappa shape index (κ2) is 8.22. The van der Waals surface area contributed by atoms with E-state index in [0.717, 1.165) is 62.9 Å². The van der Waals surface area contributed by atoms with Crippen LogP contribution in [0.2, 0.25) is 0 Å². The fourth-order valence-electron chi connectivity index (χ4n) is 4.58. The van der Waals surface area contributed by atoms with Crippen LogP contribution in [0.15, 0.2) is 24.3 Å². The van der Waals surface area contributed by atoms with Gasteiger partial charge in [-0.25, -0.2) is 4.79 Å². The van der Waals surface area contributed by atoms with Gasteiger partial charge in [0.1, 0.15) is 0 Å². The molecule has 0 aromatic heterocycles. The fourth-order valence-corrected chi connectivity index (χ4v) is 4.58. The number of aliphatic hydroxyl groups excluding tert-OH is 1. The average Bonchev–Trinajstić information content (AvgIpc) is 3.57. The number of carbonyl (C=O) groups is 2. The molecule has 1 aromatic carbocycles. The lowest BCUT2D eigenvalue weighted by atomic mass is 9.90. The summed E-state index contributed by atoms with van der Waals surface area (Å²) in [4.78, 5) is 28.6. The van der Waals surface area contributed by atoms with Crippen molar-refractivity contribution in [3.8, 4) is 0 Å². The quantitative estimate of drug-likeness (QED) is 0.807. The van der Waals surface area contributed by atoms with Crippen LogP contribution in [0.4, 0.5) is 10.5 Å². The molecule has 0 unspecified atom stereocenters. The van der Waals surface area contributed by atoms with Crippen molar-refractivity contribution in [2.24, 2.45) is 0 Å². The minimum absolute atomic E-state index is 0.137. The summed E-state index contributed by atoms with van der Waals surface area (Å²) in [5.41, 5.74) is 1.83. The molecular formula is C22H31N3O4. The number of aliphatic hydroxyl groups is 1. The second-order valence-electron chi connectivity index (χ2n) is 8.55. The van der Waals surface area contributed by atoms with Crippen LogP contribution in [-0.4, -0.2) is 67.4 Å². The summed E-state index contributed by atoms with van der Waals surface area (Å²) >= 11 is 0. The van der Waals surface area contributed by atoms with Crippen molar-refractivity contribution in [2.75, 3.05) is 38.2 Å². The van der Waals surface area contributed by atoms with E-state index < -0.39 is 0 Å². The van der Waals surface area contributed by atoms with Gasteiger partial charge in [0.15, 0.2) is 0 Å². The van der Waals surface area contributed by atoms with Gasteiger partial charge in [-0.2, -0.15) is 0 Å². The van der Waals surface area contributed by atoms with Gasteiger partial charge < -0.3 is 25.0 Å². The molecule has 0 bridgehead atoms. The normalized spacial score (nSPS) is 26.0. The monoisotopic (exact) mass is 401 g/mol. The van der Waals surface area contributed by atoms with Crippen molar-refractivity contribution >= 4 is 17.7 Å². The molecule has 0 radical (unpaired) electrons. The maximum Gasteiger partial charge on any atom is 0.409 e. The summed E-state index contributed by atoms with van der Waals surface area (Å²) < 4.78 is 4.79. The maximum absolute atomic E-state index is 13.0. The summed E-state index contributed by atoms with van der Waals surface area (Å²) in [6, 6.07) is 8.54. The van der Waals surface area contributed by atoms with Crippen LogP contribution in [0.1, 0.15) is 44.1 Å². The summed E-state index contributed by atoms with van der Waals surface area (Å²) in [6.45, 7) is 2.84. The first-order chi connectivity index (χ1) is 14.0. The first kappa shape index (κ1) is 20.0. The van der Waals surface area contributed by atoms with E-state index in [2.05, 4.69) is 34.5 Å². The molecule has 158 valence electrons. The first-order valence-electron chi connectivity index (χ1n) is 10.7. The SMILES string of the molecule is COC(=O)N1CCN(c2ccc(C3(C(=O)NC4CCC(O)CC4)CC3)cc2)CC1. The highest BCUT2D eigenvalue weighted by Crippen LogP contribution is 2.49. The lowest BCUT2D eigenvalue weighted by Crippen LogP contribution is -2.48. The smallest absolute Gasteiger partial charge is 0.409 e. The molecule has 3 aliphatic rings. The number of rotatable bonds is 4. The largest absolute Gasteiger partial charge is 0.453 e. The highest BCUT2D eigenvalue weighted by atomic mass is 16.5. The number of amides is 2. The van der Waals surface area contributed by atoms with E-state index in [9.17, 15) is 14.7 Å². The van der Waals surface area contributed by atoms with Gasteiger partial charge in [0.2, 0.25) is 5.91 Å². The third kappa shape index (κ3) is 4.20. The van der Waals surface area contributed by atoms with Crippen LogP contribution in [0.25, 0.3) is 0 Å². The van der Waals surface area contributed by atoms with E-state index in [-0.39, 0.29) is 29.6 Å². The Kier molecular flexibility index (Phi) is 5.67. The number of hydrogen-bond donors (Lipinski definition) is 2. The van der Waals surface area contributed by atoms with Gasteiger partial charge >= 0.3 is 6.09 Å². The van der Waals surface area contributed by atoms with Crippen molar-refractivity contribution in [1.29, 1.82) is 0 Å². The van der Waals surface area contributed by atoms with Crippen LogP contribution in [0.3, 0.4) is 0 Å². The number of ether oxygens (including phenoxy) is 1. The number of nitrogens with one attached hydrogen (secondary N) is 1. The van der Waals surface area contributed by atoms with Gasteiger partial charge in [0.05, 0.1) is 18.6 Å². The predicted octanol–water partition coefficient (Wildman–Crippen LogP) is 2.03. The van der Waals surface area contributed by atoms with Crippen LogP contribution in [0, 0.1) is 0 Å². The Balaban J connectivity index is 1.35. The van der Waals surface area contributed by atoms with Gasteiger partial charge in [-0.15, -0.1) is 0 Å². The van der Waals surface area contributed by atoms with Gasteiger partial charge in [0.25, 0.3) is 0 Å². The number of carbonyl (C=O) groups excluding carboxylic acids is 2. The zero-order valence-electron chi connectivity index (χ0n) is 17.1. The highest BCUT2D eigenvalue weighted by molar-refractivity contribution is 5.91. The van der Waals surface area contributed by atoms with Gasteiger partial charge in [-0.1, -0.05) is 12.1 Å². The Labute approximate surface area is 172 Å². The molecule has 0 spiro atoms. The van der Waals surface area contributed by atoms with Gasteiger partial charge in [0, 0.05) is 37.9 Å². The lowest BCUT2D eigenvalue weighted by Gasteiger charge is -2.35. The number of benzene rings is 1. The lowest BCUT2D eigenvalue weighted by molar-refractivity contribution is -0.124. The zero-order chi connectivity index (χ0) is 20.4. The zero-order valence-corrected chi connectivity index (χ0v) is 17.1. The Morgan fingerprint density at radius 2 is 1.66 bits per heavy atom. The molecule has 1 aliphatic heterocycles. The van der Waals surface area contributed by atoms with Crippen molar-refractivity contribution in [1.82, 2.24) is 10.2 Å². The summed E-state index contributed by atoms with van der Waals surface area (Å²) in [6.07, 6.45) is 4.58. The Bertz CT molecular complexity index is 731. The van der Waals surface area contributed by atoms with Crippen molar-refractivity contribution in [3.63, 3.8) is 0 Å². The minimum Gasteiger partial charge on any atom is -0.453 e. The molecule has 1 aromatic rings. The van der Waals surface area contributed by atoms with Crippen LogP contribution in [0.5, 0.6) is 0 Å². The standard InChI is InChI=1S/C22H31N3O4/c1-29-21(28)25-14-12-24(13-15-25)18-6-2-16(3-7-18)22(10-11-22)20(27)23-17-4-8-19(26)9-5-17/h2-3,6-7,17,19,26H,4-5,8-15H2,1H3,(H,23,27). The van der Waals surface area contributed by atoms with Crippen molar-refractivity contribution in [2.45, 2.75) is 56.1 Å². The number of anilines is 1. The Hall–Kier alpha value is -2.28. The van der Waals surface area contributed by atoms with E-state index in [4.69, 9.17) is 4.74 Å². The molecular weight excluding hydrogens is 370 g/mol. The molecule has 29 heavy (non-hydrogen) atoms. The third-order valence-corrected chi connectivity index (χ3v) is 6.71. The van der Waals surface area contributed by atoms with Crippen LogP contribution < -0.4 is 10.2 Å². The van der Waals surface area contributed by atoms with E-state index in [1.807, 2.05) is 0 Å². The average molecular weight is 402 g/mol. The molecule has 1 saturated heterocycles. The van der Waals surface area contributed by atoms with Crippen molar-refractivity contribution in [3.05, 3.63) is 29.8 Å². The number of methoxy groups -OCH3 is 1. The van der Waals surface area contributed by atoms with E-state index in [1.165, 1.54) is 7.11 Å². The molecule has 3 fully saturated rings. The number of hydrogen-bond acceptors (Lipinski definition) is 5. The third-order valence-electron chi connectivity index (χ3n) is 6.71. The number of piperazine rings is 1. The minimum atomic E-state index is -0.377. The molecule has 7 heteroatoms. The van der Waals surface area contributed by atoms with E-state index >= 15 is 0 Å². The molecule has 2 saturated carbocycles. The molecule has 1 heterocycles. The summed E-state index contributed by atoms with van der Waals surface area (Å²) in [5.74, 6) is 0.137. The summed E-state index contributed by atoms with van der Waals surface area (Å²) in [7, 11) is 1.41. The van der Waals surface area contributed by atoms with Gasteiger partial charge in [-0.05, 0) is 56.2 Å². The Morgan fingerprint density at radius 3 is 2.21 bits per heavy atom. The molecule has 0 atom stereocenters. The molecule has 2 amide bonds. The second-order valence-corrected chi connectivity index (χ2v) is 8.55. The Morgan fingerprint density at radius 1 is 1.03 bits per heavy atom. The van der Waals surface area contributed by atoms with E-state index in [0.29, 0.717) is 13.1 Å². The van der Waals surface area contributed by atoms with Crippen LogP contribution in [-0.2, 0) is 14.9 Å². The predicted molar refractivity (Wildman–Crippen MR) is 110 cm³/mol. The van der Waals surface area contributed by atoms with Crippen LogP contribution >= 0.6 is 0 Å². The summed E-state index contributed by atoms with van der Waals surface area (Å²) in [5, 5.41) is 12.9. The van der Waals surface area contributed by atoms with Crippen molar-refractivity contribution < 1.29 is 19.4 Å². The molecule has 4 rings (SSSR count). The maximum atomic E-state index is 13.0. The van der Waals surface area contributed by atoms with E-state index in [1.54, 1.807) is 4.90 Å². The topological polar surface area (TPSA) is 82.1 Å². The molecule has 7 nitrogen and oxygen atoms in total. The highest BCUT2D eigenvalue weighted by Gasteiger charge is 2.51. The van der Waals surface area contributed by atoms with Gasteiger partial charge in [-0.3, -0.25) is 4.79 Å².